The topological polar surface area (TPSA) is 102 Å². The number of cyclic esters (lactones) is 1. The Morgan fingerprint density at radius 2 is 1.94 bits per heavy atom. The number of hydrogen-bond donors (Lipinski definition) is 1. The summed E-state index contributed by atoms with van der Waals surface area (Å²) in [4.78, 5) is 44.0. The minimum absolute atomic E-state index is 0.133. The maximum absolute atomic E-state index is 13.4. The molecule has 3 aromatic rings. The van der Waals surface area contributed by atoms with Crippen LogP contribution in [0.3, 0.4) is 0 Å². The highest BCUT2D eigenvalue weighted by Crippen LogP contribution is 2.43. The van der Waals surface area contributed by atoms with E-state index in [0.717, 1.165) is 40.1 Å². The summed E-state index contributed by atoms with van der Waals surface area (Å²) in [5.74, 6) is 1.23. The molecule has 0 saturated carbocycles. The molecule has 0 fully saturated rings. The maximum Gasteiger partial charge on any atom is 0.340 e. The molecule has 0 bridgehead atoms. The quantitative estimate of drug-likeness (QED) is 0.401. The summed E-state index contributed by atoms with van der Waals surface area (Å²) < 4.78 is 6.69. The van der Waals surface area contributed by atoms with Gasteiger partial charge in [0, 0.05) is 37.0 Å². The average molecular weight is 510 g/mol. The van der Waals surface area contributed by atoms with E-state index in [0.29, 0.717) is 29.8 Å². The number of fused-ring (bicyclic) bond motifs is 5. The normalized spacial score (nSPS) is 16.8. The number of pyridine rings is 2. The number of hydrogen-bond acceptors (Lipinski definition) is 6. The molecule has 1 N–H and O–H groups in total. The van der Waals surface area contributed by atoms with Crippen molar-refractivity contribution in [2.75, 3.05) is 38.1 Å². The first-order valence-electron chi connectivity index (χ1n) is 12.0. The number of aryl methyl sites for hydroxylation is 1. The van der Waals surface area contributed by atoms with Crippen LogP contribution in [0.15, 0.2) is 35.1 Å². The Morgan fingerprint density at radius 3 is 2.69 bits per heavy atom. The molecule has 4 heterocycles. The Balaban J connectivity index is 1.55. The first-order chi connectivity index (χ1) is 17.1. The molecular weight excluding hydrogens is 478 g/mol. The fourth-order valence-electron chi connectivity index (χ4n) is 5.01. The van der Waals surface area contributed by atoms with Crippen molar-refractivity contribution >= 4 is 32.8 Å². The lowest BCUT2D eigenvalue weighted by molar-refractivity contribution is -0.157. The van der Waals surface area contributed by atoms with Crippen molar-refractivity contribution in [2.45, 2.75) is 32.1 Å². The van der Waals surface area contributed by atoms with Crippen molar-refractivity contribution in [1.29, 1.82) is 0 Å². The second-order valence-corrected chi connectivity index (χ2v) is 14.6. The Hall–Kier alpha value is -3.17. The van der Waals surface area contributed by atoms with Gasteiger partial charge in [-0.2, -0.15) is 0 Å². The Kier molecular flexibility index (Phi) is 6.16. The Labute approximate surface area is 211 Å². The first kappa shape index (κ1) is 24.5. The van der Waals surface area contributed by atoms with E-state index < -0.39 is 22.1 Å². The lowest BCUT2D eigenvalue weighted by Crippen LogP contribution is -2.32. The van der Waals surface area contributed by atoms with Gasteiger partial charge in [-0.1, -0.05) is 18.2 Å². The van der Waals surface area contributed by atoms with E-state index >= 15 is 0 Å². The van der Waals surface area contributed by atoms with Crippen molar-refractivity contribution in [3.63, 3.8) is 0 Å². The number of carbonyl (C=O) groups is 2. The van der Waals surface area contributed by atoms with Crippen LogP contribution in [-0.4, -0.2) is 69.5 Å². The summed E-state index contributed by atoms with van der Waals surface area (Å²) in [6.45, 7) is 0.259. The molecule has 1 unspecified atom stereocenters. The number of amides is 1. The molecule has 0 aliphatic carbocycles. The molecule has 1 amide bonds. The molecule has 5 rings (SSSR count). The summed E-state index contributed by atoms with van der Waals surface area (Å²) in [5.41, 5.74) is 4.75. The predicted molar refractivity (Wildman–Crippen MR) is 141 cm³/mol. The molecule has 1 atom stereocenters. The van der Waals surface area contributed by atoms with Gasteiger partial charge in [-0.05, 0) is 48.1 Å². The highest BCUT2D eigenvalue weighted by molar-refractivity contribution is 8.32. The number of nitrogens with zero attached hydrogens (tertiary/aromatic N) is 3. The molecule has 2 aliphatic heterocycles. The zero-order valence-electron chi connectivity index (χ0n) is 21.0. The SMILES string of the molecule is CN(C)C(=O)CCS(C)(C)CCc1c2c(nc3ccccc13)-c1cc3c(c(=O)n1C2)COC(=O)C3O. The lowest BCUT2D eigenvalue weighted by atomic mass is 9.97. The molecule has 0 spiro atoms. The Morgan fingerprint density at radius 1 is 1.19 bits per heavy atom. The van der Waals surface area contributed by atoms with Crippen LogP contribution in [0.1, 0.15) is 34.8 Å². The number of aliphatic hydroxyl groups is 1. The van der Waals surface area contributed by atoms with Gasteiger partial charge in [0.05, 0.1) is 29.0 Å². The first-order valence-corrected chi connectivity index (χ1v) is 14.8. The molecule has 190 valence electrons. The minimum atomic E-state index is -1.47. The van der Waals surface area contributed by atoms with Gasteiger partial charge < -0.3 is 19.3 Å². The standard InChI is InChI=1S/C27H31N3O5S/c1-29(2)23(31)10-12-36(3,4)11-9-16-17-7-5-6-8-21(17)28-24-19(16)14-30-22(24)13-18-20(26(30)33)15-35-27(34)25(18)32/h5-8,13,25,32H,9-12,14-15H2,1-4H3. The molecule has 0 radical (unpaired) electrons. The third-order valence-corrected chi connectivity index (χ3v) is 9.87. The van der Waals surface area contributed by atoms with Gasteiger partial charge in [-0.15, -0.1) is 0 Å². The number of aliphatic hydroxyl groups excluding tert-OH is 1. The van der Waals surface area contributed by atoms with Gasteiger partial charge in [-0.3, -0.25) is 9.59 Å². The second kappa shape index (κ2) is 9.05. The smallest absolute Gasteiger partial charge is 0.340 e. The van der Waals surface area contributed by atoms with E-state index in [4.69, 9.17) is 9.72 Å². The van der Waals surface area contributed by atoms with E-state index in [1.54, 1.807) is 29.6 Å². The van der Waals surface area contributed by atoms with Crippen LogP contribution in [0.25, 0.3) is 22.3 Å². The van der Waals surface area contributed by atoms with Crippen LogP contribution in [-0.2, 0) is 33.9 Å². The van der Waals surface area contributed by atoms with E-state index in [2.05, 4.69) is 18.6 Å². The van der Waals surface area contributed by atoms with Gasteiger partial charge in [0.2, 0.25) is 5.91 Å². The molecular formula is C27H31N3O5S. The number of rotatable bonds is 6. The van der Waals surface area contributed by atoms with Gasteiger partial charge in [-0.25, -0.2) is 19.8 Å². The summed E-state index contributed by atoms with van der Waals surface area (Å²) in [5, 5.41) is 11.5. The van der Waals surface area contributed by atoms with Crippen LogP contribution in [0.5, 0.6) is 0 Å². The Bertz CT molecular complexity index is 1460. The summed E-state index contributed by atoms with van der Waals surface area (Å²) >= 11 is 0. The fourth-order valence-corrected chi connectivity index (χ4v) is 6.70. The third-order valence-electron chi connectivity index (χ3n) is 7.25. The van der Waals surface area contributed by atoms with Gasteiger partial charge >= 0.3 is 5.97 Å². The largest absolute Gasteiger partial charge is 0.458 e. The number of benzene rings is 1. The molecule has 2 aliphatic rings. The number of para-hydroxylation sites is 1. The fraction of sp³-hybridized carbons (Fsp3) is 0.407. The maximum atomic E-state index is 13.4. The van der Waals surface area contributed by atoms with Crippen molar-refractivity contribution in [1.82, 2.24) is 14.5 Å². The third kappa shape index (κ3) is 4.20. The number of esters is 1. The second-order valence-electron chi connectivity index (χ2n) is 10.3. The summed E-state index contributed by atoms with van der Waals surface area (Å²) in [6, 6.07) is 9.71. The molecule has 0 saturated heterocycles. The van der Waals surface area contributed by atoms with E-state index in [1.165, 1.54) is 5.56 Å². The zero-order chi connectivity index (χ0) is 25.8. The van der Waals surface area contributed by atoms with Crippen molar-refractivity contribution in [2.24, 2.45) is 0 Å². The van der Waals surface area contributed by atoms with E-state index in [1.807, 2.05) is 18.2 Å². The van der Waals surface area contributed by atoms with Crippen LogP contribution in [0, 0.1) is 0 Å². The predicted octanol–water partition coefficient (Wildman–Crippen LogP) is 2.60. The lowest BCUT2D eigenvalue weighted by Gasteiger charge is -2.32. The molecule has 36 heavy (non-hydrogen) atoms. The molecule has 1 aromatic carbocycles. The van der Waals surface area contributed by atoms with E-state index in [9.17, 15) is 19.5 Å². The summed E-state index contributed by atoms with van der Waals surface area (Å²) in [6.07, 6.45) is 4.43. The molecule has 9 heteroatoms. The van der Waals surface area contributed by atoms with Crippen molar-refractivity contribution in [3.8, 4) is 11.4 Å². The number of ether oxygens (including phenoxy) is 1. The summed E-state index contributed by atoms with van der Waals surface area (Å²) in [7, 11) is 2.55. The highest BCUT2D eigenvalue weighted by atomic mass is 32.3. The van der Waals surface area contributed by atoms with Crippen LogP contribution in [0.4, 0.5) is 0 Å². The number of aromatic nitrogens is 2. The minimum Gasteiger partial charge on any atom is -0.458 e. The van der Waals surface area contributed by atoms with Gasteiger partial charge in [0.25, 0.3) is 5.56 Å². The monoisotopic (exact) mass is 509 g/mol. The van der Waals surface area contributed by atoms with Crippen LogP contribution >= 0.6 is 10.0 Å². The highest BCUT2D eigenvalue weighted by Gasteiger charge is 2.34. The zero-order valence-corrected chi connectivity index (χ0v) is 21.9. The van der Waals surface area contributed by atoms with Gasteiger partial charge in [0.1, 0.15) is 6.61 Å². The van der Waals surface area contributed by atoms with Crippen LogP contribution in [0.2, 0.25) is 0 Å². The average Bonchev–Trinajstić information content (AvgIpc) is 3.21. The van der Waals surface area contributed by atoms with Crippen molar-refractivity contribution in [3.05, 3.63) is 62.9 Å². The molecule has 2 aromatic heterocycles. The van der Waals surface area contributed by atoms with Crippen molar-refractivity contribution < 1.29 is 19.4 Å². The molecule has 8 nitrogen and oxygen atoms in total. The number of carbonyl (C=O) groups excluding carboxylic acids is 2. The van der Waals surface area contributed by atoms with E-state index in [-0.39, 0.29) is 18.1 Å². The van der Waals surface area contributed by atoms with Gasteiger partial charge in [0.15, 0.2) is 6.10 Å². The van der Waals surface area contributed by atoms with Crippen LogP contribution < -0.4 is 5.56 Å².